The van der Waals surface area contributed by atoms with Crippen molar-refractivity contribution in [2.45, 2.75) is 19.8 Å². The minimum absolute atomic E-state index is 0.104. The van der Waals surface area contributed by atoms with Crippen LogP contribution in [0.15, 0.2) is 18.2 Å². The van der Waals surface area contributed by atoms with Crippen LogP contribution in [0.1, 0.15) is 30.1 Å². The van der Waals surface area contributed by atoms with Gasteiger partial charge in [-0.25, -0.2) is 4.39 Å². The predicted octanol–water partition coefficient (Wildman–Crippen LogP) is 3.60. The van der Waals surface area contributed by atoms with Crippen LogP contribution in [-0.4, -0.2) is 5.78 Å². The molecule has 0 aliphatic rings. The first kappa shape index (κ1) is 12.7. The fourth-order valence-electron chi connectivity index (χ4n) is 1.42. The Bertz CT molecular complexity index is 439. The second-order valence-corrected chi connectivity index (χ2v) is 3.90. The largest absolute Gasteiger partial charge is 0.293 e. The Morgan fingerprint density at radius 1 is 1.62 bits per heavy atom. The first-order valence-electron chi connectivity index (χ1n) is 4.99. The minimum atomic E-state index is -0.794. The van der Waals surface area contributed by atoms with Crippen molar-refractivity contribution in [3.63, 3.8) is 0 Å². The van der Waals surface area contributed by atoms with Crippen LogP contribution in [0.3, 0.4) is 0 Å². The Kier molecular flexibility index (Phi) is 4.45. The van der Waals surface area contributed by atoms with Gasteiger partial charge in [-0.15, -0.1) is 0 Å². The van der Waals surface area contributed by atoms with Gasteiger partial charge in [0, 0.05) is 5.02 Å². The summed E-state index contributed by atoms with van der Waals surface area (Å²) in [5.41, 5.74) is -0.104. The Morgan fingerprint density at radius 2 is 2.31 bits per heavy atom. The highest BCUT2D eigenvalue weighted by Gasteiger charge is 2.21. The van der Waals surface area contributed by atoms with Gasteiger partial charge in [0.15, 0.2) is 5.78 Å². The number of carbonyl (C=O) groups is 1. The Balaban J connectivity index is 3.04. The van der Waals surface area contributed by atoms with E-state index < -0.39 is 17.5 Å². The second kappa shape index (κ2) is 5.62. The molecule has 16 heavy (non-hydrogen) atoms. The summed E-state index contributed by atoms with van der Waals surface area (Å²) in [5, 5.41) is 9.11. The van der Waals surface area contributed by atoms with E-state index in [1.807, 2.05) is 13.0 Å². The molecule has 1 aromatic rings. The van der Waals surface area contributed by atoms with Gasteiger partial charge in [-0.3, -0.25) is 4.79 Å². The van der Waals surface area contributed by atoms with Crippen molar-refractivity contribution in [2.24, 2.45) is 5.92 Å². The molecular weight excluding hydrogens is 229 g/mol. The molecule has 4 heteroatoms. The van der Waals surface area contributed by atoms with E-state index in [9.17, 15) is 9.18 Å². The number of benzene rings is 1. The molecule has 84 valence electrons. The molecule has 1 aromatic carbocycles. The lowest BCUT2D eigenvalue weighted by atomic mass is 9.94. The highest BCUT2D eigenvalue weighted by molar-refractivity contribution is 6.31. The quantitative estimate of drug-likeness (QED) is 0.754. The second-order valence-electron chi connectivity index (χ2n) is 3.46. The fraction of sp³-hybridized carbons (Fsp3) is 0.333. The van der Waals surface area contributed by atoms with Crippen LogP contribution >= 0.6 is 11.6 Å². The van der Waals surface area contributed by atoms with E-state index in [-0.39, 0.29) is 10.6 Å². The molecule has 0 radical (unpaired) electrons. The highest BCUT2D eigenvalue weighted by atomic mass is 35.5. The molecule has 0 saturated carbocycles. The van der Waals surface area contributed by atoms with E-state index in [0.29, 0.717) is 12.8 Å². The predicted molar refractivity (Wildman–Crippen MR) is 59.8 cm³/mol. The molecular formula is C12H11ClFNO. The molecule has 1 atom stereocenters. The standard InChI is InChI=1S/C12H11ClFNO/c1-2-3-8(7-15)12(16)10-6-9(13)4-5-11(10)14/h4-6,8H,2-3H2,1H3. The molecule has 0 N–H and O–H groups in total. The number of Topliss-reactive ketones (excluding diaryl/α,β-unsaturated/α-hetero) is 1. The van der Waals surface area contributed by atoms with Crippen molar-refractivity contribution < 1.29 is 9.18 Å². The van der Waals surface area contributed by atoms with E-state index in [2.05, 4.69) is 0 Å². The number of ketones is 1. The average molecular weight is 240 g/mol. The van der Waals surface area contributed by atoms with Gasteiger partial charge < -0.3 is 0 Å². The molecule has 0 aliphatic heterocycles. The van der Waals surface area contributed by atoms with Gasteiger partial charge in [0.05, 0.1) is 11.6 Å². The summed E-state index contributed by atoms with van der Waals surface area (Å²) in [6.07, 6.45) is 1.13. The van der Waals surface area contributed by atoms with Crippen molar-refractivity contribution in [1.82, 2.24) is 0 Å². The van der Waals surface area contributed by atoms with Crippen LogP contribution in [0.2, 0.25) is 5.02 Å². The van der Waals surface area contributed by atoms with Gasteiger partial charge in [-0.05, 0) is 24.6 Å². The molecule has 0 spiro atoms. The lowest BCUT2D eigenvalue weighted by molar-refractivity contribution is 0.0939. The van der Waals surface area contributed by atoms with Crippen molar-refractivity contribution in [3.05, 3.63) is 34.6 Å². The Morgan fingerprint density at radius 3 is 2.88 bits per heavy atom. The first-order valence-corrected chi connectivity index (χ1v) is 5.36. The maximum absolute atomic E-state index is 13.4. The van der Waals surface area contributed by atoms with Gasteiger partial charge in [0.1, 0.15) is 11.7 Å². The number of hydrogen-bond donors (Lipinski definition) is 0. The van der Waals surface area contributed by atoms with Crippen molar-refractivity contribution >= 4 is 17.4 Å². The summed E-state index contributed by atoms with van der Waals surface area (Å²) in [5.74, 6) is -1.92. The SMILES string of the molecule is CCCC(C#N)C(=O)c1cc(Cl)ccc1F. The maximum atomic E-state index is 13.4. The molecule has 0 fully saturated rings. The third kappa shape index (κ3) is 2.80. The number of halogens is 2. The molecule has 1 rings (SSSR count). The number of nitrogens with zero attached hydrogens (tertiary/aromatic N) is 1. The van der Waals surface area contributed by atoms with Crippen LogP contribution < -0.4 is 0 Å². The molecule has 0 aromatic heterocycles. The summed E-state index contributed by atoms with van der Waals surface area (Å²) in [4.78, 5) is 11.8. The van der Waals surface area contributed by atoms with Crippen LogP contribution in [0.4, 0.5) is 4.39 Å². The van der Waals surface area contributed by atoms with Crippen molar-refractivity contribution in [1.29, 1.82) is 5.26 Å². The number of hydrogen-bond acceptors (Lipinski definition) is 2. The lowest BCUT2D eigenvalue weighted by Crippen LogP contribution is -2.14. The maximum Gasteiger partial charge on any atom is 0.182 e. The summed E-state index contributed by atoms with van der Waals surface area (Å²) < 4.78 is 13.4. The van der Waals surface area contributed by atoms with Crippen LogP contribution in [-0.2, 0) is 0 Å². The van der Waals surface area contributed by atoms with Crippen LogP contribution in [0.25, 0.3) is 0 Å². The van der Waals surface area contributed by atoms with E-state index in [4.69, 9.17) is 16.9 Å². The number of nitriles is 1. The minimum Gasteiger partial charge on any atom is -0.293 e. The fourth-order valence-corrected chi connectivity index (χ4v) is 1.59. The third-order valence-electron chi connectivity index (χ3n) is 2.24. The summed E-state index contributed by atoms with van der Waals surface area (Å²) in [7, 11) is 0. The third-order valence-corrected chi connectivity index (χ3v) is 2.48. The lowest BCUT2D eigenvalue weighted by Gasteiger charge is -2.07. The van der Waals surface area contributed by atoms with Gasteiger partial charge in [0.2, 0.25) is 0 Å². The molecule has 0 heterocycles. The highest BCUT2D eigenvalue weighted by Crippen LogP contribution is 2.20. The average Bonchev–Trinajstić information content (AvgIpc) is 2.28. The van der Waals surface area contributed by atoms with Crippen LogP contribution in [0.5, 0.6) is 0 Å². The van der Waals surface area contributed by atoms with E-state index >= 15 is 0 Å². The smallest absolute Gasteiger partial charge is 0.182 e. The zero-order valence-electron chi connectivity index (χ0n) is 8.84. The first-order chi connectivity index (χ1) is 7.60. The molecule has 0 bridgehead atoms. The monoisotopic (exact) mass is 239 g/mol. The molecule has 0 aliphatic carbocycles. The van der Waals surface area contributed by atoms with E-state index in [0.717, 1.165) is 6.07 Å². The number of rotatable bonds is 4. The number of carbonyl (C=O) groups excluding carboxylic acids is 1. The van der Waals surface area contributed by atoms with E-state index in [1.165, 1.54) is 12.1 Å². The van der Waals surface area contributed by atoms with Gasteiger partial charge >= 0.3 is 0 Å². The summed E-state index contributed by atoms with van der Waals surface area (Å²) >= 11 is 5.68. The van der Waals surface area contributed by atoms with Gasteiger partial charge in [-0.2, -0.15) is 5.26 Å². The summed E-state index contributed by atoms with van der Waals surface area (Å²) in [6, 6.07) is 5.66. The van der Waals surface area contributed by atoms with Crippen molar-refractivity contribution in [2.75, 3.05) is 0 Å². The molecule has 0 saturated heterocycles. The van der Waals surface area contributed by atoms with Crippen molar-refractivity contribution in [3.8, 4) is 6.07 Å². The summed E-state index contributed by atoms with van der Waals surface area (Å²) in [6.45, 7) is 1.87. The Hall–Kier alpha value is -1.40. The molecule has 1 unspecified atom stereocenters. The Labute approximate surface area is 98.6 Å². The topological polar surface area (TPSA) is 40.9 Å². The molecule has 2 nitrogen and oxygen atoms in total. The normalized spacial score (nSPS) is 11.9. The van der Waals surface area contributed by atoms with Crippen LogP contribution in [0, 0.1) is 23.1 Å². The van der Waals surface area contributed by atoms with Gasteiger partial charge in [-0.1, -0.05) is 24.9 Å². The van der Waals surface area contributed by atoms with E-state index in [1.54, 1.807) is 0 Å². The zero-order valence-corrected chi connectivity index (χ0v) is 9.59. The zero-order chi connectivity index (χ0) is 12.1. The molecule has 0 amide bonds. The van der Waals surface area contributed by atoms with Gasteiger partial charge in [0.25, 0.3) is 0 Å².